The van der Waals surface area contributed by atoms with Crippen LogP contribution >= 0.6 is 24.0 Å². The highest BCUT2D eigenvalue weighted by Gasteiger charge is 2.36. The van der Waals surface area contributed by atoms with Crippen LogP contribution in [0.25, 0.3) is 0 Å². The third kappa shape index (κ3) is 9.86. The van der Waals surface area contributed by atoms with Crippen LogP contribution in [0.5, 0.6) is 11.5 Å². The van der Waals surface area contributed by atoms with Crippen molar-refractivity contribution in [2.24, 2.45) is 10.4 Å². The van der Waals surface area contributed by atoms with Crippen LogP contribution in [0, 0.1) is 5.41 Å². The van der Waals surface area contributed by atoms with Gasteiger partial charge in [0.15, 0.2) is 17.5 Å². The van der Waals surface area contributed by atoms with E-state index < -0.39 is 0 Å². The highest BCUT2D eigenvalue weighted by Crippen LogP contribution is 2.43. The van der Waals surface area contributed by atoms with Crippen LogP contribution in [0.4, 0.5) is 0 Å². The van der Waals surface area contributed by atoms with Crippen molar-refractivity contribution in [3.8, 4) is 11.5 Å². The predicted octanol–water partition coefficient (Wildman–Crippen LogP) is 4.30. The van der Waals surface area contributed by atoms with Crippen LogP contribution in [-0.2, 0) is 11.3 Å². The Balaban J connectivity index is 0.00000544. The molecule has 0 unspecified atom stereocenters. The molecule has 0 amide bonds. The highest BCUT2D eigenvalue weighted by molar-refractivity contribution is 14.0. The number of methoxy groups -OCH3 is 2. The first-order chi connectivity index (χ1) is 15.6. The lowest BCUT2D eigenvalue weighted by Crippen LogP contribution is -2.46. The Hall–Kier alpha value is -1.26. The molecule has 0 spiro atoms. The molecule has 1 fully saturated rings. The maximum absolute atomic E-state index is 5.97. The second-order valence-corrected chi connectivity index (χ2v) is 8.51. The first kappa shape index (κ1) is 29.8. The molecule has 2 rings (SSSR count). The Morgan fingerprint density at radius 1 is 1.06 bits per heavy atom. The van der Waals surface area contributed by atoms with E-state index in [9.17, 15) is 0 Å². The Labute approximate surface area is 218 Å². The zero-order valence-corrected chi connectivity index (χ0v) is 23.6. The fraction of sp³-hybridized carbons (Fsp3) is 0.720. The molecule has 0 aromatic heterocycles. The first-order valence-electron chi connectivity index (χ1n) is 12.1. The molecule has 0 radical (unpaired) electrons. The van der Waals surface area contributed by atoms with E-state index in [4.69, 9.17) is 19.2 Å². The van der Waals surface area contributed by atoms with Crippen molar-refractivity contribution < 1.29 is 14.2 Å². The van der Waals surface area contributed by atoms with Gasteiger partial charge in [0, 0.05) is 33.4 Å². The van der Waals surface area contributed by atoms with Gasteiger partial charge in [0.25, 0.3) is 0 Å². The average molecular weight is 577 g/mol. The van der Waals surface area contributed by atoms with Crippen LogP contribution in [0.2, 0.25) is 0 Å². The SMILES string of the molecule is CCNC(=NCc1ccc(OCCN(CC)CC)c(OC)c1)NCC1(CCOC)CCC1.I. The summed E-state index contributed by atoms with van der Waals surface area (Å²) in [4.78, 5) is 7.14. The van der Waals surface area contributed by atoms with Crippen LogP contribution in [0.15, 0.2) is 23.2 Å². The monoisotopic (exact) mass is 576 g/mol. The van der Waals surface area contributed by atoms with Crippen molar-refractivity contribution in [1.29, 1.82) is 0 Å². The molecule has 1 aromatic carbocycles. The van der Waals surface area contributed by atoms with Gasteiger partial charge in [-0.25, -0.2) is 4.99 Å². The molecule has 8 heteroatoms. The Kier molecular flexibility index (Phi) is 14.8. The van der Waals surface area contributed by atoms with Gasteiger partial charge in [-0.1, -0.05) is 26.3 Å². The Bertz CT molecular complexity index is 694. The van der Waals surface area contributed by atoms with Gasteiger partial charge in [-0.15, -0.1) is 24.0 Å². The van der Waals surface area contributed by atoms with Crippen molar-refractivity contribution >= 4 is 29.9 Å². The summed E-state index contributed by atoms with van der Waals surface area (Å²) in [6, 6.07) is 6.07. The fourth-order valence-corrected chi connectivity index (χ4v) is 4.05. The summed E-state index contributed by atoms with van der Waals surface area (Å²) in [6.07, 6.45) is 4.93. The molecule has 0 bridgehead atoms. The number of halogens is 1. The molecular weight excluding hydrogens is 531 g/mol. The Morgan fingerprint density at radius 2 is 1.82 bits per heavy atom. The van der Waals surface area contributed by atoms with Gasteiger partial charge >= 0.3 is 0 Å². The molecule has 1 aromatic rings. The van der Waals surface area contributed by atoms with E-state index in [1.807, 2.05) is 12.1 Å². The molecule has 0 atom stereocenters. The summed E-state index contributed by atoms with van der Waals surface area (Å²) in [5.41, 5.74) is 1.44. The quantitative estimate of drug-likeness (QED) is 0.185. The van der Waals surface area contributed by atoms with E-state index in [1.165, 1.54) is 19.3 Å². The van der Waals surface area contributed by atoms with Crippen LogP contribution in [0.1, 0.15) is 52.0 Å². The van der Waals surface area contributed by atoms with E-state index in [1.54, 1.807) is 14.2 Å². The number of guanidine groups is 1. The number of likely N-dealkylation sites (N-methyl/N-ethyl adjacent to an activating group) is 1. The maximum Gasteiger partial charge on any atom is 0.191 e. The molecule has 0 aliphatic heterocycles. The van der Waals surface area contributed by atoms with Crippen molar-refractivity contribution in [3.63, 3.8) is 0 Å². The molecule has 7 nitrogen and oxygen atoms in total. The van der Waals surface area contributed by atoms with E-state index in [0.29, 0.717) is 18.6 Å². The van der Waals surface area contributed by atoms with Crippen molar-refractivity contribution in [2.45, 2.75) is 53.0 Å². The number of aliphatic imine (C=N–C) groups is 1. The summed E-state index contributed by atoms with van der Waals surface area (Å²) in [5.74, 6) is 2.39. The van der Waals surface area contributed by atoms with Gasteiger partial charge < -0.3 is 29.7 Å². The van der Waals surface area contributed by atoms with Crippen molar-refractivity contribution in [1.82, 2.24) is 15.5 Å². The summed E-state index contributed by atoms with van der Waals surface area (Å²) in [6.45, 7) is 13.2. The van der Waals surface area contributed by atoms with E-state index in [-0.39, 0.29) is 24.0 Å². The minimum absolute atomic E-state index is 0. The number of rotatable bonds is 15. The molecule has 190 valence electrons. The summed E-state index contributed by atoms with van der Waals surface area (Å²) >= 11 is 0. The normalized spacial score (nSPS) is 14.9. The van der Waals surface area contributed by atoms with Gasteiger partial charge in [0.05, 0.1) is 13.7 Å². The standard InChI is InChI=1S/C25H44N4O3.HI/c1-6-26-24(28-20-25(12-9-13-25)14-16-30-4)27-19-21-10-11-22(23(18-21)31-5)32-17-15-29(7-2)8-3;/h10-11,18H,6-9,12-17,19-20H2,1-5H3,(H2,26,27,28);1H. The fourth-order valence-electron chi connectivity index (χ4n) is 4.05. The van der Waals surface area contributed by atoms with E-state index in [0.717, 1.165) is 68.8 Å². The molecule has 0 saturated heterocycles. The van der Waals surface area contributed by atoms with Crippen LogP contribution in [0.3, 0.4) is 0 Å². The smallest absolute Gasteiger partial charge is 0.191 e. The number of hydrogen-bond acceptors (Lipinski definition) is 5. The van der Waals surface area contributed by atoms with Gasteiger partial charge in [-0.3, -0.25) is 0 Å². The topological polar surface area (TPSA) is 67.4 Å². The Morgan fingerprint density at radius 3 is 2.39 bits per heavy atom. The number of ether oxygens (including phenoxy) is 3. The van der Waals surface area contributed by atoms with Gasteiger partial charge in [0.2, 0.25) is 0 Å². The average Bonchev–Trinajstić information content (AvgIpc) is 2.79. The largest absolute Gasteiger partial charge is 0.493 e. The minimum Gasteiger partial charge on any atom is -0.493 e. The second-order valence-electron chi connectivity index (χ2n) is 8.51. The highest BCUT2D eigenvalue weighted by atomic mass is 127. The lowest BCUT2D eigenvalue weighted by molar-refractivity contribution is 0.0732. The second kappa shape index (κ2) is 16.4. The molecule has 1 aliphatic carbocycles. The molecule has 1 saturated carbocycles. The summed E-state index contributed by atoms with van der Waals surface area (Å²) in [7, 11) is 3.46. The molecule has 1 aliphatic rings. The van der Waals surface area contributed by atoms with Crippen molar-refractivity contribution in [2.75, 3.05) is 60.2 Å². The first-order valence-corrected chi connectivity index (χ1v) is 12.1. The lowest BCUT2D eigenvalue weighted by atomic mass is 9.67. The molecular formula is C25H45IN4O3. The number of hydrogen-bond donors (Lipinski definition) is 2. The third-order valence-corrected chi connectivity index (χ3v) is 6.43. The number of nitrogens with zero attached hydrogens (tertiary/aromatic N) is 2. The number of nitrogens with one attached hydrogen (secondary N) is 2. The maximum atomic E-state index is 5.97. The zero-order chi connectivity index (χ0) is 23.2. The predicted molar refractivity (Wildman–Crippen MR) is 147 cm³/mol. The third-order valence-electron chi connectivity index (χ3n) is 6.43. The molecule has 33 heavy (non-hydrogen) atoms. The minimum atomic E-state index is 0. The van der Waals surface area contributed by atoms with Crippen LogP contribution in [-0.4, -0.2) is 71.0 Å². The lowest BCUT2D eigenvalue weighted by Gasteiger charge is -2.42. The van der Waals surface area contributed by atoms with Crippen LogP contribution < -0.4 is 20.1 Å². The van der Waals surface area contributed by atoms with Gasteiger partial charge in [0.1, 0.15) is 6.61 Å². The van der Waals surface area contributed by atoms with Gasteiger partial charge in [-0.2, -0.15) is 0 Å². The molecule has 0 heterocycles. The zero-order valence-electron chi connectivity index (χ0n) is 21.2. The summed E-state index contributed by atoms with van der Waals surface area (Å²) in [5, 5.41) is 6.92. The van der Waals surface area contributed by atoms with Crippen molar-refractivity contribution in [3.05, 3.63) is 23.8 Å². The van der Waals surface area contributed by atoms with E-state index >= 15 is 0 Å². The van der Waals surface area contributed by atoms with E-state index in [2.05, 4.69) is 42.4 Å². The van der Waals surface area contributed by atoms with Gasteiger partial charge in [-0.05, 0) is 62.4 Å². The summed E-state index contributed by atoms with van der Waals surface area (Å²) < 4.78 is 16.9. The number of benzene rings is 1. The molecule has 2 N–H and O–H groups in total.